The highest BCUT2D eigenvalue weighted by atomic mass is 16.6. The summed E-state index contributed by atoms with van der Waals surface area (Å²) in [7, 11) is 0. The predicted octanol–water partition coefficient (Wildman–Crippen LogP) is 18.4. The van der Waals surface area contributed by atoms with Crippen molar-refractivity contribution < 1.29 is 28.6 Å². The van der Waals surface area contributed by atoms with Crippen LogP contribution in [0.4, 0.5) is 0 Å². The number of unbranched alkanes of at least 4 members (excludes halogenated alkanes) is 29. The summed E-state index contributed by atoms with van der Waals surface area (Å²) in [5, 5.41) is 0. The molecule has 0 aromatic heterocycles. The monoisotopic (exact) mass is 909 g/mol. The van der Waals surface area contributed by atoms with E-state index in [-0.39, 0.29) is 31.1 Å². The Balaban J connectivity index is 4.33. The smallest absolute Gasteiger partial charge is 0.306 e. The normalized spacial score (nSPS) is 12.5. The van der Waals surface area contributed by atoms with Crippen molar-refractivity contribution in [3.8, 4) is 0 Å². The molecular formula is C59H104O6. The molecule has 0 aliphatic heterocycles. The number of allylic oxidation sites excluding steroid dienone is 10. The van der Waals surface area contributed by atoms with Gasteiger partial charge in [0.1, 0.15) is 13.2 Å². The summed E-state index contributed by atoms with van der Waals surface area (Å²) >= 11 is 0. The molecule has 376 valence electrons. The van der Waals surface area contributed by atoms with Crippen LogP contribution in [0.2, 0.25) is 0 Å². The average Bonchev–Trinajstić information content (AvgIpc) is 3.30. The fourth-order valence-electron chi connectivity index (χ4n) is 7.88. The zero-order valence-electron chi connectivity index (χ0n) is 43.0. The summed E-state index contributed by atoms with van der Waals surface area (Å²) < 4.78 is 16.8. The van der Waals surface area contributed by atoms with Crippen molar-refractivity contribution in [3.63, 3.8) is 0 Å². The van der Waals surface area contributed by atoms with Crippen LogP contribution >= 0.6 is 0 Å². The van der Waals surface area contributed by atoms with Crippen molar-refractivity contribution >= 4 is 17.9 Å². The molecule has 0 aromatic carbocycles. The second-order valence-corrected chi connectivity index (χ2v) is 18.5. The minimum absolute atomic E-state index is 0.0816. The van der Waals surface area contributed by atoms with Gasteiger partial charge in [0.25, 0.3) is 0 Å². The highest BCUT2D eigenvalue weighted by Gasteiger charge is 2.19. The third-order valence-electron chi connectivity index (χ3n) is 12.0. The Hall–Kier alpha value is -2.89. The molecular weight excluding hydrogens is 805 g/mol. The maximum Gasteiger partial charge on any atom is 0.306 e. The Kier molecular flexibility index (Phi) is 51.3. The zero-order chi connectivity index (χ0) is 47.2. The van der Waals surface area contributed by atoms with Gasteiger partial charge in [-0.2, -0.15) is 0 Å². The summed E-state index contributed by atoms with van der Waals surface area (Å²) in [5.41, 5.74) is 0. The van der Waals surface area contributed by atoms with E-state index in [0.29, 0.717) is 19.3 Å². The van der Waals surface area contributed by atoms with Crippen molar-refractivity contribution in [1.82, 2.24) is 0 Å². The van der Waals surface area contributed by atoms with E-state index in [2.05, 4.69) is 81.5 Å². The number of ether oxygens (including phenoxy) is 3. The van der Waals surface area contributed by atoms with E-state index in [1.54, 1.807) is 0 Å². The third-order valence-corrected chi connectivity index (χ3v) is 12.0. The molecule has 0 amide bonds. The number of rotatable bonds is 50. The molecule has 0 saturated carbocycles. The molecule has 0 heterocycles. The Morgan fingerprint density at radius 1 is 0.323 bits per heavy atom. The molecule has 0 spiro atoms. The molecule has 0 radical (unpaired) electrons. The summed E-state index contributed by atoms with van der Waals surface area (Å²) in [6.45, 7) is 6.50. The van der Waals surface area contributed by atoms with Gasteiger partial charge in [0.2, 0.25) is 0 Å². The highest BCUT2D eigenvalue weighted by Crippen LogP contribution is 2.16. The summed E-state index contributed by atoms with van der Waals surface area (Å²) in [6, 6.07) is 0. The van der Waals surface area contributed by atoms with E-state index in [0.717, 1.165) is 96.3 Å². The van der Waals surface area contributed by atoms with Gasteiger partial charge in [-0.05, 0) is 64.2 Å². The van der Waals surface area contributed by atoms with Gasteiger partial charge >= 0.3 is 17.9 Å². The maximum absolute atomic E-state index is 12.8. The number of hydrogen-bond acceptors (Lipinski definition) is 6. The molecule has 65 heavy (non-hydrogen) atoms. The van der Waals surface area contributed by atoms with Gasteiger partial charge in [0.15, 0.2) is 6.10 Å². The van der Waals surface area contributed by atoms with Gasteiger partial charge in [-0.15, -0.1) is 0 Å². The average molecular weight is 909 g/mol. The van der Waals surface area contributed by atoms with Gasteiger partial charge in [-0.1, -0.05) is 255 Å². The lowest BCUT2D eigenvalue weighted by Gasteiger charge is -2.18. The molecule has 0 aliphatic carbocycles. The molecule has 0 fully saturated rings. The van der Waals surface area contributed by atoms with Crippen molar-refractivity contribution in [1.29, 1.82) is 0 Å². The molecule has 1 atom stereocenters. The first-order chi connectivity index (χ1) is 32.0. The van der Waals surface area contributed by atoms with Gasteiger partial charge in [0.05, 0.1) is 0 Å². The highest BCUT2D eigenvalue weighted by molar-refractivity contribution is 5.71. The number of carbonyl (C=O) groups is 3. The molecule has 6 nitrogen and oxygen atoms in total. The van der Waals surface area contributed by atoms with Gasteiger partial charge in [0, 0.05) is 19.3 Å². The van der Waals surface area contributed by atoms with E-state index < -0.39 is 6.10 Å². The minimum atomic E-state index is -0.783. The molecule has 0 aromatic rings. The van der Waals surface area contributed by atoms with Gasteiger partial charge in [-0.3, -0.25) is 14.4 Å². The van der Waals surface area contributed by atoms with Crippen LogP contribution in [0.1, 0.15) is 278 Å². The summed E-state index contributed by atoms with van der Waals surface area (Å²) in [5.74, 6) is -0.907. The van der Waals surface area contributed by atoms with Crippen LogP contribution in [0, 0.1) is 0 Å². The van der Waals surface area contributed by atoms with Crippen LogP contribution in [-0.2, 0) is 28.6 Å². The van der Waals surface area contributed by atoms with Gasteiger partial charge < -0.3 is 14.2 Å². The van der Waals surface area contributed by atoms with Crippen LogP contribution in [0.25, 0.3) is 0 Å². The number of esters is 3. The maximum atomic E-state index is 12.8. The van der Waals surface area contributed by atoms with Crippen LogP contribution in [-0.4, -0.2) is 37.2 Å². The van der Waals surface area contributed by atoms with Crippen LogP contribution in [0.5, 0.6) is 0 Å². The fourth-order valence-corrected chi connectivity index (χ4v) is 7.88. The number of carbonyl (C=O) groups excluding carboxylic acids is 3. The second-order valence-electron chi connectivity index (χ2n) is 18.5. The Labute approximate surface area is 402 Å². The predicted molar refractivity (Wildman–Crippen MR) is 279 cm³/mol. The van der Waals surface area contributed by atoms with E-state index in [4.69, 9.17) is 14.2 Å². The Bertz CT molecular complexity index is 1180. The first-order valence-electron chi connectivity index (χ1n) is 27.8. The lowest BCUT2D eigenvalue weighted by atomic mass is 10.0. The molecule has 0 saturated heterocycles. The molecule has 6 heteroatoms. The largest absolute Gasteiger partial charge is 0.462 e. The van der Waals surface area contributed by atoms with Gasteiger partial charge in [-0.25, -0.2) is 0 Å². The first-order valence-corrected chi connectivity index (χ1v) is 27.8. The van der Waals surface area contributed by atoms with Crippen molar-refractivity contribution in [2.75, 3.05) is 13.2 Å². The SMILES string of the molecule is CC/C=C\C/C=C\C/C=C\C/C=C\C/C=C\CCCCCC(=O)OC[C@@H](COC(=O)CCCCCCCCCCC)OC(=O)CCCCCCCCCCCCCCCCCCCCC. The quantitative estimate of drug-likeness (QED) is 0.0262. The van der Waals surface area contributed by atoms with Crippen LogP contribution < -0.4 is 0 Å². The summed E-state index contributed by atoms with van der Waals surface area (Å²) in [4.78, 5) is 38.0. The fraction of sp³-hybridized carbons (Fsp3) is 0.780. The molecule has 0 bridgehead atoms. The first kappa shape index (κ1) is 62.1. The number of hydrogen-bond donors (Lipinski definition) is 0. The lowest BCUT2D eigenvalue weighted by Crippen LogP contribution is -2.30. The lowest BCUT2D eigenvalue weighted by molar-refractivity contribution is -0.167. The third kappa shape index (κ3) is 51.9. The van der Waals surface area contributed by atoms with E-state index in [1.165, 1.54) is 141 Å². The van der Waals surface area contributed by atoms with Crippen molar-refractivity contribution in [2.45, 2.75) is 284 Å². The molecule has 0 unspecified atom stereocenters. The standard InChI is InChI=1S/C59H104O6/c1-4-7-10-13-16-19-21-23-25-27-29-31-33-35-37-40-43-46-49-52-58(61)64-55-56(54-63-57(60)51-48-45-42-39-18-15-12-9-6-3)65-59(62)53-50-47-44-41-38-36-34-32-30-28-26-24-22-20-17-14-11-8-5-2/h7,10,16,19,23,25,29,31,35,37,56H,4-6,8-9,11-15,17-18,20-22,24,26-28,30,32-34,36,38-55H2,1-3H3/b10-7-,19-16-,25-23-,31-29-,37-35-/t56-/m1/s1. The second kappa shape index (κ2) is 53.7. The van der Waals surface area contributed by atoms with Crippen LogP contribution in [0.15, 0.2) is 60.8 Å². The van der Waals surface area contributed by atoms with E-state index in [9.17, 15) is 14.4 Å². The van der Waals surface area contributed by atoms with Crippen LogP contribution in [0.3, 0.4) is 0 Å². The van der Waals surface area contributed by atoms with E-state index in [1.807, 2.05) is 0 Å². The van der Waals surface area contributed by atoms with Crippen molar-refractivity contribution in [2.24, 2.45) is 0 Å². The van der Waals surface area contributed by atoms with Crippen molar-refractivity contribution in [3.05, 3.63) is 60.8 Å². The zero-order valence-corrected chi connectivity index (χ0v) is 43.0. The Morgan fingerprint density at radius 3 is 0.938 bits per heavy atom. The minimum Gasteiger partial charge on any atom is -0.462 e. The Morgan fingerprint density at radius 2 is 0.600 bits per heavy atom. The topological polar surface area (TPSA) is 78.9 Å². The molecule has 0 rings (SSSR count). The molecule has 0 N–H and O–H groups in total. The van der Waals surface area contributed by atoms with E-state index >= 15 is 0 Å². The molecule has 0 aliphatic rings. The summed E-state index contributed by atoms with van der Waals surface area (Å²) in [6.07, 6.45) is 66.5.